The number of likely N-dealkylation sites (N-methyl/N-ethyl adjacent to an activating group) is 1. The molecular formula is C20H31N3O2. The van der Waals surface area contributed by atoms with Gasteiger partial charge in [0.2, 0.25) is 0 Å². The first-order valence-electron chi connectivity index (χ1n) is 9.65. The van der Waals surface area contributed by atoms with E-state index >= 15 is 0 Å². The molecule has 1 aliphatic carbocycles. The lowest BCUT2D eigenvalue weighted by molar-refractivity contribution is 0.0947. The van der Waals surface area contributed by atoms with Gasteiger partial charge in [0.25, 0.3) is 5.91 Å². The molecule has 2 N–H and O–H groups in total. The number of nitrogens with one attached hydrogen (secondary N) is 1. The molecule has 2 fully saturated rings. The summed E-state index contributed by atoms with van der Waals surface area (Å²) in [6.07, 6.45) is 6.73. The standard InChI is InChI=1S/C20H31N3O2/c1-22(17-4-2-3-5-17)15-12-21-20(25)16-6-8-18(9-7-16)23-13-10-19(24)11-14-23/h6-9,17,19,24H,2-5,10-15H2,1H3,(H,21,25). The molecule has 0 bridgehead atoms. The summed E-state index contributed by atoms with van der Waals surface area (Å²) in [6, 6.07) is 8.51. The van der Waals surface area contributed by atoms with E-state index in [1.807, 2.05) is 24.3 Å². The van der Waals surface area contributed by atoms with E-state index in [2.05, 4.69) is 22.2 Å². The van der Waals surface area contributed by atoms with E-state index in [1.165, 1.54) is 25.7 Å². The Bertz CT molecular complexity index is 547. The average molecular weight is 345 g/mol. The first-order chi connectivity index (χ1) is 12.1. The fourth-order valence-corrected chi connectivity index (χ4v) is 3.92. The lowest BCUT2D eigenvalue weighted by Crippen LogP contribution is -2.37. The van der Waals surface area contributed by atoms with Gasteiger partial charge in [-0.1, -0.05) is 12.8 Å². The first-order valence-corrected chi connectivity index (χ1v) is 9.65. The van der Waals surface area contributed by atoms with Crippen molar-refractivity contribution < 1.29 is 9.90 Å². The number of carbonyl (C=O) groups excluding carboxylic acids is 1. The molecule has 1 aromatic carbocycles. The molecule has 0 atom stereocenters. The van der Waals surface area contributed by atoms with Gasteiger partial charge in [-0.25, -0.2) is 0 Å². The Morgan fingerprint density at radius 2 is 1.80 bits per heavy atom. The number of aliphatic hydroxyl groups excluding tert-OH is 1. The van der Waals surface area contributed by atoms with Crippen molar-refractivity contribution >= 4 is 11.6 Å². The quantitative estimate of drug-likeness (QED) is 0.830. The van der Waals surface area contributed by atoms with Crippen LogP contribution < -0.4 is 10.2 Å². The maximum atomic E-state index is 12.3. The third-order valence-corrected chi connectivity index (χ3v) is 5.66. The predicted octanol–water partition coefficient (Wildman–Crippen LogP) is 2.25. The number of benzene rings is 1. The molecule has 2 aliphatic rings. The maximum absolute atomic E-state index is 12.3. The molecule has 5 nitrogen and oxygen atoms in total. The van der Waals surface area contributed by atoms with E-state index in [9.17, 15) is 9.90 Å². The SMILES string of the molecule is CN(CCNC(=O)c1ccc(N2CCC(O)CC2)cc1)C1CCCC1. The van der Waals surface area contributed by atoms with Crippen LogP contribution in [0.1, 0.15) is 48.9 Å². The molecule has 5 heteroatoms. The molecule has 0 radical (unpaired) electrons. The highest BCUT2D eigenvalue weighted by Gasteiger charge is 2.19. The van der Waals surface area contributed by atoms with Gasteiger partial charge >= 0.3 is 0 Å². The van der Waals surface area contributed by atoms with Gasteiger partial charge in [0, 0.05) is 43.5 Å². The van der Waals surface area contributed by atoms with Gasteiger partial charge in [0.1, 0.15) is 0 Å². The molecule has 1 aromatic rings. The molecule has 1 aliphatic heterocycles. The van der Waals surface area contributed by atoms with Crippen LogP contribution in [-0.2, 0) is 0 Å². The third-order valence-electron chi connectivity index (χ3n) is 5.66. The molecule has 138 valence electrons. The normalized spacial score (nSPS) is 19.6. The summed E-state index contributed by atoms with van der Waals surface area (Å²) < 4.78 is 0. The monoisotopic (exact) mass is 345 g/mol. The van der Waals surface area contributed by atoms with Crippen molar-refractivity contribution in [2.75, 3.05) is 38.1 Å². The van der Waals surface area contributed by atoms with E-state index in [1.54, 1.807) is 0 Å². The van der Waals surface area contributed by atoms with E-state index in [4.69, 9.17) is 0 Å². The van der Waals surface area contributed by atoms with Gasteiger partial charge < -0.3 is 20.2 Å². The molecule has 0 unspecified atom stereocenters. The Balaban J connectivity index is 1.44. The van der Waals surface area contributed by atoms with E-state index < -0.39 is 0 Å². The van der Waals surface area contributed by atoms with Crippen LogP contribution in [0.25, 0.3) is 0 Å². The highest BCUT2D eigenvalue weighted by Crippen LogP contribution is 2.22. The van der Waals surface area contributed by atoms with Gasteiger partial charge in [-0.15, -0.1) is 0 Å². The van der Waals surface area contributed by atoms with Gasteiger partial charge in [0.15, 0.2) is 0 Å². The number of anilines is 1. The van der Waals surface area contributed by atoms with E-state index in [0.29, 0.717) is 18.2 Å². The molecule has 3 rings (SSSR count). The molecule has 1 amide bonds. The molecule has 1 heterocycles. The molecule has 1 saturated heterocycles. The van der Waals surface area contributed by atoms with Crippen molar-refractivity contribution in [1.82, 2.24) is 10.2 Å². The summed E-state index contributed by atoms with van der Waals surface area (Å²) in [4.78, 5) is 16.9. The molecule has 1 saturated carbocycles. The molecule has 0 aromatic heterocycles. The van der Waals surface area contributed by atoms with Gasteiger partial charge in [-0.3, -0.25) is 4.79 Å². The minimum absolute atomic E-state index is 0.000406. The zero-order valence-corrected chi connectivity index (χ0v) is 15.3. The average Bonchev–Trinajstić information content (AvgIpc) is 3.17. The van der Waals surface area contributed by atoms with Crippen LogP contribution in [0.4, 0.5) is 5.69 Å². The Labute approximate surface area is 151 Å². The second-order valence-electron chi connectivity index (χ2n) is 7.44. The van der Waals surface area contributed by atoms with E-state index in [-0.39, 0.29) is 12.0 Å². The minimum atomic E-state index is -0.163. The number of hydrogen-bond donors (Lipinski definition) is 2. The summed E-state index contributed by atoms with van der Waals surface area (Å²) in [5.41, 5.74) is 1.84. The van der Waals surface area contributed by atoms with Crippen LogP contribution >= 0.6 is 0 Å². The van der Waals surface area contributed by atoms with Crippen molar-refractivity contribution in [2.45, 2.75) is 50.7 Å². The molecule has 0 spiro atoms. The van der Waals surface area contributed by atoms with Crippen LogP contribution in [0, 0.1) is 0 Å². The van der Waals surface area contributed by atoms with Gasteiger partial charge in [-0.05, 0) is 57.0 Å². The first kappa shape index (κ1) is 18.2. The topological polar surface area (TPSA) is 55.8 Å². The third kappa shape index (κ3) is 4.95. The Hall–Kier alpha value is -1.59. The maximum Gasteiger partial charge on any atom is 0.251 e. The number of nitrogens with zero attached hydrogens (tertiary/aromatic N) is 2. The van der Waals surface area contributed by atoms with Crippen LogP contribution in [-0.4, -0.2) is 61.3 Å². The largest absolute Gasteiger partial charge is 0.393 e. The zero-order chi connectivity index (χ0) is 17.6. The molecule has 25 heavy (non-hydrogen) atoms. The highest BCUT2D eigenvalue weighted by atomic mass is 16.3. The number of rotatable bonds is 6. The number of aliphatic hydroxyl groups is 1. The summed E-state index contributed by atoms with van der Waals surface area (Å²) >= 11 is 0. The minimum Gasteiger partial charge on any atom is -0.393 e. The van der Waals surface area contributed by atoms with Crippen molar-refractivity contribution in [3.8, 4) is 0 Å². The molecular weight excluding hydrogens is 314 g/mol. The summed E-state index contributed by atoms with van der Waals surface area (Å²) in [5, 5.41) is 12.6. The number of amides is 1. The van der Waals surface area contributed by atoms with Crippen molar-refractivity contribution in [1.29, 1.82) is 0 Å². The predicted molar refractivity (Wildman–Crippen MR) is 101 cm³/mol. The fraction of sp³-hybridized carbons (Fsp3) is 0.650. The van der Waals surface area contributed by atoms with E-state index in [0.717, 1.165) is 38.2 Å². The van der Waals surface area contributed by atoms with Gasteiger partial charge in [-0.2, -0.15) is 0 Å². The fourth-order valence-electron chi connectivity index (χ4n) is 3.92. The van der Waals surface area contributed by atoms with Crippen molar-refractivity contribution in [3.05, 3.63) is 29.8 Å². The van der Waals surface area contributed by atoms with Gasteiger partial charge in [0.05, 0.1) is 6.10 Å². The Morgan fingerprint density at radius 1 is 1.16 bits per heavy atom. The number of hydrogen-bond acceptors (Lipinski definition) is 4. The highest BCUT2D eigenvalue weighted by molar-refractivity contribution is 5.94. The van der Waals surface area contributed by atoms with Crippen molar-refractivity contribution in [2.24, 2.45) is 0 Å². The zero-order valence-electron chi connectivity index (χ0n) is 15.3. The van der Waals surface area contributed by atoms with Crippen LogP contribution in [0.5, 0.6) is 0 Å². The summed E-state index contributed by atoms with van der Waals surface area (Å²) in [6.45, 7) is 3.35. The Kier molecular flexibility index (Phi) is 6.32. The van der Waals surface area contributed by atoms with Crippen LogP contribution in [0.3, 0.4) is 0 Å². The lowest BCUT2D eigenvalue weighted by atomic mass is 10.1. The second-order valence-corrected chi connectivity index (χ2v) is 7.44. The summed E-state index contributed by atoms with van der Waals surface area (Å²) in [5.74, 6) is 0.000406. The number of piperidine rings is 1. The summed E-state index contributed by atoms with van der Waals surface area (Å²) in [7, 11) is 2.16. The second kappa shape index (κ2) is 8.68. The Morgan fingerprint density at radius 3 is 2.44 bits per heavy atom. The van der Waals surface area contributed by atoms with Crippen molar-refractivity contribution in [3.63, 3.8) is 0 Å². The smallest absolute Gasteiger partial charge is 0.251 e. The number of carbonyl (C=O) groups is 1. The van der Waals surface area contributed by atoms with Crippen LogP contribution in [0.2, 0.25) is 0 Å². The lowest BCUT2D eigenvalue weighted by Gasteiger charge is -2.31. The van der Waals surface area contributed by atoms with Crippen LogP contribution in [0.15, 0.2) is 24.3 Å².